The fourth-order valence-electron chi connectivity index (χ4n) is 1.88. The number of nitrogens with zero attached hydrogens (tertiary/aromatic N) is 2. The van der Waals surface area contributed by atoms with E-state index < -0.39 is 23.2 Å². The van der Waals surface area contributed by atoms with E-state index in [1.54, 1.807) is 24.3 Å². The molecular formula is C16H13ClF3N3O2. The van der Waals surface area contributed by atoms with Crippen LogP contribution < -0.4 is 5.32 Å². The molecule has 0 fully saturated rings. The van der Waals surface area contributed by atoms with E-state index in [2.05, 4.69) is 15.5 Å². The zero-order valence-corrected chi connectivity index (χ0v) is 13.5. The van der Waals surface area contributed by atoms with Gasteiger partial charge in [-0.3, -0.25) is 9.78 Å². The normalized spacial score (nSPS) is 11.5. The first kappa shape index (κ1) is 18.7. The van der Waals surface area contributed by atoms with E-state index in [4.69, 9.17) is 16.4 Å². The maximum absolute atomic E-state index is 12.8. The fourth-order valence-corrected chi connectivity index (χ4v) is 2.10. The Bertz CT molecular complexity index is 766. The first-order valence-corrected chi connectivity index (χ1v) is 7.43. The Hall–Kier alpha value is -2.61. The lowest BCUT2D eigenvalue weighted by molar-refractivity contribution is -0.138. The second kappa shape index (κ2) is 8.48. The van der Waals surface area contributed by atoms with E-state index >= 15 is 0 Å². The summed E-state index contributed by atoms with van der Waals surface area (Å²) < 4.78 is 38.5. The smallest absolute Gasteiger partial charge is 0.391 e. The van der Waals surface area contributed by atoms with E-state index in [-0.39, 0.29) is 13.2 Å². The summed E-state index contributed by atoms with van der Waals surface area (Å²) in [4.78, 5) is 20.4. The van der Waals surface area contributed by atoms with E-state index in [9.17, 15) is 18.0 Å². The molecule has 0 aliphatic rings. The van der Waals surface area contributed by atoms with Gasteiger partial charge in [-0.1, -0.05) is 28.9 Å². The molecule has 2 aromatic rings. The number of amides is 1. The van der Waals surface area contributed by atoms with Crippen LogP contribution in [0.2, 0.25) is 5.02 Å². The highest BCUT2D eigenvalue weighted by molar-refractivity contribution is 6.30. The van der Waals surface area contributed by atoms with Crippen molar-refractivity contribution in [2.45, 2.75) is 12.8 Å². The Morgan fingerprint density at radius 3 is 2.88 bits per heavy atom. The van der Waals surface area contributed by atoms with E-state index in [1.165, 1.54) is 6.21 Å². The molecule has 0 saturated carbocycles. The molecule has 1 N–H and O–H groups in total. The summed E-state index contributed by atoms with van der Waals surface area (Å²) in [6.07, 6.45) is -1.56. The Morgan fingerprint density at radius 1 is 1.36 bits per heavy atom. The Balaban J connectivity index is 1.83. The van der Waals surface area contributed by atoms with Gasteiger partial charge in [0.1, 0.15) is 6.61 Å². The average molecular weight is 372 g/mol. The van der Waals surface area contributed by atoms with Gasteiger partial charge < -0.3 is 10.2 Å². The molecule has 0 aliphatic heterocycles. The van der Waals surface area contributed by atoms with Crippen LogP contribution in [-0.4, -0.2) is 23.7 Å². The molecule has 1 aromatic carbocycles. The summed E-state index contributed by atoms with van der Waals surface area (Å²) in [6, 6.07) is 7.73. The number of hydrogen-bond acceptors (Lipinski definition) is 4. The standard InChI is InChI=1S/C16H13ClF3N3O2/c17-12-3-1-2-11(8-12)10-25-23-7-6-22-15(24)13-9-21-5-4-14(13)16(18,19)20/h1-5,7-9H,6,10H2,(H,22,24). The summed E-state index contributed by atoms with van der Waals surface area (Å²) in [7, 11) is 0. The van der Waals surface area contributed by atoms with Crippen LogP contribution in [0.5, 0.6) is 0 Å². The molecule has 1 amide bonds. The lowest BCUT2D eigenvalue weighted by Gasteiger charge is -2.11. The molecule has 9 heteroatoms. The van der Waals surface area contributed by atoms with Crippen LogP contribution in [0.4, 0.5) is 13.2 Å². The van der Waals surface area contributed by atoms with Gasteiger partial charge in [-0.25, -0.2) is 0 Å². The van der Waals surface area contributed by atoms with Gasteiger partial charge >= 0.3 is 6.18 Å². The van der Waals surface area contributed by atoms with E-state index in [1.807, 2.05) is 0 Å². The zero-order chi connectivity index (χ0) is 18.3. The van der Waals surface area contributed by atoms with Crippen molar-refractivity contribution in [2.24, 2.45) is 5.16 Å². The number of nitrogens with one attached hydrogen (secondary N) is 1. The third-order valence-corrected chi connectivity index (χ3v) is 3.23. The first-order chi connectivity index (χ1) is 11.9. The van der Waals surface area contributed by atoms with Crippen molar-refractivity contribution in [3.05, 3.63) is 64.4 Å². The van der Waals surface area contributed by atoms with Gasteiger partial charge in [0.25, 0.3) is 5.91 Å². The molecule has 132 valence electrons. The van der Waals surface area contributed by atoms with Crippen LogP contribution in [0, 0.1) is 0 Å². The summed E-state index contributed by atoms with van der Waals surface area (Å²) in [5.41, 5.74) is -0.795. The lowest BCUT2D eigenvalue weighted by atomic mass is 10.1. The van der Waals surface area contributed by atoms with Gasteiger partial charge in [-0.05, 0) is 23.8 Å². The summed E-state index contributed by atoms with van der Waals surface area (Å²) >= 11 is 5.82. The average Bonchev–Trinajstić information content (AvgIpc) is 2.57. The molecule has 1 aromatic heterocycles. The molecule has 0 radical (unpaired) electrons. The summed E-state index contributed by atoms with van der Waals surface area (Å²) in [5, 5.41) is 6.47. The minimum absolute atomic E-state index is 0.0967. The van der Waals surface area contributed by atoms with Crippen LogP contribution in [0.15, 0.2) is 47.9 Å². The third-order valence-electron chi connectivity index (χ3n) is 2.99. The molecule has 2 rings (SSSR count). The number of rotatable bonds is 6. The maximum atomic E-state index is 12.8. The van der Waals surface area contributed by atoms with Gasteiger partial charge in [0.15, 0.2) is 0 Å². The molecule has 0 spiro atoms. The van der Waals surface area contributed by atoms with Gasteiger partial charge in [0.2, 0.25) is 0 Å². The van der Waals surface area contributed by atoms with Crippen LogP contribution in [0.1, 0.15) is 21.5 Å². The maximum Gasteiger partial charge on any atom is 0.417 e. The zero-order valence-electron chi connectivity index (χ0n) is 12.8. The first-order valence-electron chi connectivity index (χ1n) is 7.05. The minimum Gasteiger partial charge on any atom is -0.391 e. The molecule has 0 unspecified atom stereocenters. The quantitative estimate of drug-likeness (QED) is 0.622. The van der Waals surface area contributed by atoms with Crippen LogP contribution in [-0.2, 0) is 17.6 Å². The van der Waals surface area contributed by atoms with Gasteiger partial charge in [0.05, 0.1) is 23.9 Å². The van der Waals surface area contributed by atoms with Crippen LogP contribution >= 0.6 is 11.6 Å². The number of halogens is 4. The number of benzene rings is 1. The Morgan fingerprint density at radius 2 is 2.16 bits per heavy atom. The van der Waals surface area contributed by atoms with Crippen molar-refractivity contribution >= 4 is 23.7 Å². The summed E-state index contributed by atoms with van der Waals surface area (Å²) in [6.45, 7) is 0.0758. The number of aromatic nitrogens is 1. The number of oxime groups is 1. The lowest BCUT2D eigenvalue weighted by Crippen LogP contribution is -2.28. The molecule has 0 aliphatic carbocycles. The Labute approximate surface area is 146 Å². The second-order valence-corrected chi connectivity index (χ2v) is 5.26. The second-order valence-electron chi connectivity index (χ2n) is 4.82. The van der Waals surface area contributed by atoms with Crippen molar-refractivity contribution in [3.63, 3.8) is 0 Å². The molecule has 0 saturated heterocycles. The number of hydrogen-bond donors (Lipinski definition) is 1. The predicted octanol–water partition coefficient (Wildman–Crippen LogP) is 3.69. The van der Waals surface area contributed by atoms with Crippen molar-refractivity contribution in [3.8, 4) is 0 Å². The molecule has 1 heterocycles. The van der Waals surface area contributed by atoms with Crippen molar-refractivity contribution in [1.82, 2.24) is 10.3 Å². The van der Waals surface area contributed by atoms with Crippen LogP contribution in [0.3, 0.4) is 0 Å². The van der Waals surface area contributed by atoms with Crippen LogP contribution in [0.25, 0.3) is 0 Å². The highest BCUT2D eigenvalue weighted by Crippen LogP contribution is 2.31. The monoisotopic (exact) mass is 371 g/mol. The number of carbonyl (C=O) groups excluding carboxylic acids is 1. The molecular weight excluding hydrogens is 359 g/mol. The highest BCUT2D eigenvalue weighted by Gasteiger charge is 2.35. The fraction of sp³-hybridized carbons (Fsp3) is 0.188. The summed E-state index contributed by atoms with van der Waals surface area (Å²) in [5.74, 6) is -0.901. The van der Waals surface area contributed by atoms with Gasteiger partial charge in [-0.2, -0.15) is 13.2 Å². The number of alkyl halides is 3. The Kier molecular flexibility index (Phi) is 6.35. The molecule has 0 bridgehead atoms. The van der Waals surface area contributed by atoms with Gasteiger partial charge in [0, 0.05) is 17.4 Å². The van der Waals surface area contributed by atoms with Crippen molar-refractivity contribution in [2.75, 3.05) is 6.54 Å². The highest BCUT2D eigenvalue weighted by atomic mass is 35.5. The third kappa shape index (κ3) is 5.75. The predicted molar refractivity (Wildman–Crippen MR) is 86.3 cm³/mol. The van der Waals surface area contributed by atoms with Gasteiger partial charge in [-0.15, -0.1) is 0 Å². The molecule has 5 nitrogen and oxygen atoms in total. The van der Waals surface area contributed by atoms with Crippen molar-refractivity contribution < 1.29 is 22.8 Å². The molecule has 25 heavy (non-hydrogen) atoms. The SMILES string of the molecule is O=C(NCC=NOCc1cccc(Cl)c1)c1cnccc1C(F)(F)F. The topological polar surface area (TPSA) is 63.6 Å². The van der Waals surface area contributed by atoms with E-state index in [0.717, 1.165) is 24.0 Å². The van der Waals surface area contributed by atoms with Crippen molar-refractivity contribution in [1.29, 1.82) is 0 Å². The largest absolute Gasteiger partial charge is 0.417 e. The molecule has 0 atom stereocenters. The number of carbonyl (C=O) groups is 1. The number of pyridine rings is 1. The minimum atomic E-state index is -4.64. The van der Waals surface area contributed by atoms with E-state index in [0.29, 0.717) is 5.02 Å².